The number of benzene rings is 1. The molecule has 0 heterocycles. The Labute approximate surface area is 101 Å². The summed E-state index contributed by atoms with van der Waals surface area (Å²) in [5.74, 6) is -0.879. The van der Waals surface area contributed by atoms with E-state index < -0.39 is 5.97 Å². The molecule has 0 spiro atoms. The summed E-state index contributed by atoms with van der Waals surface area (Å²) in [6.45, 7) is 0. The van der Waals surface area contributed by atoms with Gasteiger partial charge in [0.15, 0.2) is 0 Å². The van der Waals surface area contributed by atoms with E-state index in [9.17, 15) is 4.79 Å². The summed E-state index contributed by atoms with van der Waals surface area (Å²) in [6, 6.07) is 8.30. The Morgan fingerprint density at radius 1 is 1.25 bits per heavy atom. The Morgan fingerprint density at radius 3 is 1.92 bits per heavy atom. The summed E-state index contributed by atoms with van der Waals surface area (Å²) in [6.07, 6.45) is 0. The Bertz CT molecular complexity index is 225. The topological polar surface area (TPSA) is 37.3 Å². The Hall–Kier alpha value is 0.880. The van der Waals surface area contributed by atoms with Gasteiger partial charge >= 0.3 is 56.5 Å². The van der Waals surface area contributed by atoms with Crippen LogP contribution in [0.1, 0.15) is 10.4 Å². The zero-order chi connectivity index (χ0) is 9.40. The molecule has 0 bridgehead atoms. The third-order valence-electron chi connectivity index (χ3n) is 1.02. The van der Waals surface area contributed by atoms with Gasteiger partial charge in [-0.25, -0.2) is 4.79 Å². The van der Waals surface area contributed by atoms with Crippen molar-refractivity contribution in [1.82, 2.24) is 0 Å². The van der Waals surface area contributed by atoms with Crippen LogP contribution in [0.2, 0.25) is 0 Å². The quantitative estimate of drug-likeness (QED) is 0.556. The van der Waals surface area contributed by atoms with E-state index in [1.165, 1.54) is 0 Å². The van der Waals surface area contributed by atoms with Crippen LogP contribution in [-0.2, 0) is 0 Å². The van der Waals surface area contributed by atoms with Gasteiger partial charge in [-0.1, -0.05) is 18.2 Å². The van der Waals surface area contributed by atoms with Crippen LogP contribution < -0.4 is 13.3 Å². The molecule has 5 heteroatoms. The maximum atomic E-state index is 10.2. The number of carboxylic acids is 1. The minimum atomic E-state index is -0.879. The molecular weight excluding hydrogens is 497 g/mol. The molecule has 0 amide bonds. The fourth-order valence-corrected chi connectivity index (χ4v) is 0.581. The van der Waals surface area contributed by atoms with Crippen molar-refractivity contribution in [2.24, 2.45) is 0 Å². The molecule has 0 aliphatic carbocycles. The zero-order valence-electron chi connectivity index (χ0n) is 5.88. The summed E-state index contributed by atoms with van der Waals surface area (Å²) >= 11 is 5.30. The van der Waals surface area contributed by atoms with Gasteiger partial charge in [-0.2, -0.15) is 0 Å². The van der Waals surface area contributed by atoms with Crippen LogP contribution in [0.25, 0.3) is 0 Å². The number of aromatic carboxylic acids is 1. The summed E-state index contributed by atoms with van der Waals surface area (Å²) < 4.78 is 0. The van der Waals surface area contributed by atoms with E-state index in [1.807, 2.05) is 0 Å². The van der Waals surface area contributed by atoms with Crippen molar-refractivity contribution >= 4 is 43.2 Å². The van der Waals surface area contributed by atoms with Crippen LogP contribution in [0.5, 0.6) is 0 Å². The molecule has 2 nitrogen and oxygen atoms in total. The van der Waals surface area contributed by atoms with Crippen LogP contribution in [-0.4, -0.2) is 11.1 Å². The number of carboxylic acid groups (broad SMARTS) is 1. The maximum Gasteiger partial charge on any atom is 0.335 e. The second kappa shape index (κ2) is 8.48. The normalized spacial score (nSPS) is 8.50. The smallest absolute Gasteiger partial charge is 0.335 e. The fourth-order valence-electron chi connectivity index (χ4n) is 0.581. The molecule has 0 radical (unpaired) electrons. The molecule has 0 unspecified atom stereocenters. The van der Waals surface area contributed by atoms with Crippen molar-refractivity contribution in [2.75, 3.05) is 0 Å². The number of hydrogen-bond donors (Lipinski definition) is 1. The van der Waals surface area contributed by atoms with Crippen LogP contribution in [0.15, 0.2) is 30.3 Å². The van der Waals surface area contributed by atoms with Crippen molar-refractivity contribution in [2.45, 2.75) is 0 Å². The first-order valence-electron chi connectivity index (χ1n) is 2.87. The molecule has 0 atom stereocenters. The van der Waals surface area contributed by atoms with Gasteiger partial charge < -0.3 is 5.11 Å². The van der Waals surface area contributed by atoms with Crippen LogP contribution >= 0.6 is 37.2 Å². The van der Waals surface area contributed by atoms with Gasteiger partial charge in [-0.05, 0) is 12.1 Å². The van der Waals surface area contributed by atoms with Gasteiger partial charge in [0.2, 0.25) is 0 Å². The molecule has 1 rings (SSSR count). The molecular formula is C7H6I3O2-. The van der Waals surface area contributed by atoms with Gasteiger partial charge in [0.1, 0.15) is 0 Å². The van der Waals surface area contributed by atoms with Gasteiger partial charge in [0.25, 0.3) is 0 Å². The number of rotatable bonds is 1. The molecule has 1 aromatic carbocycles. The second-order valence-electron chi connectivity index (χ2n) is 1.73. The Morgan fingerprint density at radius 2 is 1.67 bits per heavy atom. The predicted molar refractivity (Wildman–Crippen MR) is 61.4 cm³/mol. The summed E-state index contributed by atoms with van der Waals surface area (Å²) in [5, 5.41) is 8.38. The van der Waals surface area contributed by atoms with E-state index >= 15 is 0 Å². The number of hydrogen-bond acceptors (Lipinski definition) is 1. The molecule has 1 N–H and O–H groups in total. The average Bonchev–Trinajstić information content (AvgIpc) is 2.07. The molecule has 0 fully saturated rings. The monoisotopic (exact) mass is 503 g/mol. The summed E-state index contributed by atoms with van der Waals surface area (Å²) in [4.78, 5) is 10.2. The van der Waals surface area contributed by atoms with E-state index in [1.54, 1.807) is 30.3 Å². The SMILES string of the molecule is I[I-]I.O=C(O)c1ccccc1. The maximum absolute atomic E-state index is 10.2. The fraction of sp³-hybridized carbons (Fsp3) is 0. The summed E-state index contributed by atoms with van der Waals surface area (Å²) in [7, 11) is 0. The van der Waals surface area contributed by atoms with Crippen LogP contribution in [0.3, 0.4) is 0 Å². The van der Waals surface area contributed by atoms with Crippen molar-refractivity contribution in [3.63, 3.8) is 0 Å². The van der Waals surface area contributed by atoms with Gasteiger partial charge in [0, 0.05) is 0 Å². The molecule has 0 saturated carbocycles. The second-order valence-corrected chi connectivity index (χ2v) is 18.0. The minimum Gasteiger partial charge on any atom is -0.478 e. The van der Waals surface area contributed by atoms with Crippen LogP contribution in [0, 0.1) is 0 Å². The van der Waals surface area contributed by atoms with Crippen molar-refractivity contribution in [3.8, 4) is 0 Å². The average molecular weight is 503 g/mol. The van der Waals surface area contributed by atoms with Crippen molar-refractivity contribution in [1.29, 1.82) is 0 Å². The standard InChI is InChI=1S/C7H6O2.I3/c8-7(9)6-4-2-1-3-5-6;1-3-2/h1-5H,(H,8,9);/q;-1. The Kier molecular flexibility index (Phi) is 9.10. The van der Waals surface area contributed by atoms with Gasteiger partial charge in [-0.15, -0.1) is 0 Å². The molecule has 0 aliphatic heterocycles. The minimum absolute atomic E-state index is 0.331. The largest absolute Gasteiger partial charge is 0.478 e. The van der Waals surface area contributed by atoms with E-state index in [0.29, 0.717) is 18.8 Å². The number of halogens is 3. The van der Waals surface area contributed by atoms with Crippen molar-refractivity contribution < 1.29 is 23.2 Å². The first kappa shape index (κ1) is 12.9. The number of carbonyl (C=O) groups is 1. The molecule has 68 valence electrons. The van der Waals surface area contributed by atoms with E-state index in [-0.39, 0.29) is 0 Å². The zero-order valence-corrected chi connectivity index (χ0v) is 12.3. The Balaban J connectivity index is 0.000000354. The third kappa shape index (κ3) is 6.40. The molecule has 1 aromatic rings. The first-order valence-corrected chi connectivity index (χ1v) is 15.4. The van der Waals surface area contributed by atoms with E-state index in [2.05, 4.69) is 37.2 Å². The van der Waals surface area contributed by atoms with Crippen LogP contribution in [0.4, 0.5) is 0 Å². The van der Waals surface area contributed by atoms with Gasteiger partial charge in [0.05, 0.1) is 5.56 Å². The van der Waals surface area contributed by atoms with Gasteiger partial charge in [-0.3, -0.25) is 0 Å². The molecule has 0 saturated heterocycles. The van der Waals surface area contributed by atoms with Crippen molar-refractivity contribution in [3.05, 3.63) is 35.9 Å². The summed E-state index contributed by atoms with van der Waals surface area (Å²) in [5.41, 5.74) is 0.331. The van der Waals surface area contributed by atoms with E-state index in [0.717, 1.165) is 0 Å². The molecule has 0 aliphatic rings. The first-order chi connectivity index (χ1) is 5.72. The third-order valence-corrected chi connectivity index (χ3v) is 1.02. The predicted octanol–water partition coefficient (Wildman–Crippen LogP) is 0.160. The molecule has 12 heavy (non-hydrogen) atoms. The molecule has 0 aromatic heterocycles. The van der Waals surface area contributed by atoms with E-state index in [4.69, 9.17) is 5.11 Å².